The molecule has 17 heavy (non-hydrogen) atoms. The molecule has 1 unspecified atom stereocenters. The van der Waals surface area contributed by atoms with Crippen LogP contribution in [0.25, 0.3) is 0 Å². The molecule has 0 aliphatic rings. The highest BCUT2D eigenvalue weighted by atomic mass is 79.9. The second kappa shape index (κ2) is 5.33. The summed E-state index contributed by atoms with van der Waals surface area (Å²) in [6.45, 7) is 0. The van der Waals surface area contributed by atoms with E-state index in [4.69, 9.17) is 0 Å². The Morgan fingerprint density at radius 3 is 2.65 bits per heavy atom. The van der Waals surface area contributed by atoms with Gasteiger partial charge in [-0.25, -0.2) is 14.4 Å². The molecule has 0 spiro atoms. The van der Waals surface area contributed by atoms with Crippen LogP contribution in [-0.4, -0.2) is 17.0 Å². The lowest BCUT2D eigenvalue weighted by Crippen LogP contribution is -2.19. The molecule has 88 valence electrons. The summed E-state index contributed by atoms with van der Waals surface area (Å²) in [7, 11) is 1.78. The van der Waals surface area contributed by atoms with Gasteiger partial charge in [0.1, 0.15) is 12.1 Å². The lowest BCUT2D eigenvalue weighted by Gasteiger charge is -2.17. The Labute approximate surface area is 107 Å². The largest absolute Gasteiger partial charge is 0.309 e. The third-order valence-corrected chi connectivity index (χ3v) is 2.96. The Bertz CT molecular complexity index is 504. The van der Waals surface area contributed by atoms with E-state index in [0.717, 1.165) is 10.0 Å². The molecule has 0 saturated heterocycles. The number of nitrogens with one attached hydrogen (secondary N) is 1. The van der Waals surface area contributed by atoms with Gasteiger partial charge in [-0.2, -0.15) is 0 Å². The molecular weight excluding hydrogens is 285 g/mol. The third kappa shape index (κ3) is 2.68. The van der Waals surface area contributed by atoms with E-state index in [2.05, 4.69) is 31.2 Å². The monoisotopic (exact) mass is 295 g/mol. The summed E-state index contributed by atoms with van der Waals surface area (Å²) in [5.41, 5.74) is 1.39. The molecule has 1 aromatic carbocycles. The fraction of sp³-hybridized carbons (Fsp3) is 0.167. The zero-order valence-electron chi connectivity index (χ0n) is 9.19. The van der Waals surface area contributed by atoms with Gasteiger partial charge in [-0.3, -0.25) is 0 Å². The van der Waals surface area contributed by atoms with Gasteiger partial charge in [0.2, 0.25) is 0 Å². The second-order valence-corrected chi connectivity index (χ2v) is 4.48. The van der Waals surface area contributed by atoms with Gasteiger partial charge in [0.15, 0.2) is 0 Å². The van der Waals surface area contributed by atoms with Crippen LogP contribution in [0.5, 0.6) is 0 Å². The Kier molecular flexibility index (Phi) is 3.81. The minimum absolute atomic E-state index is 0.253. The molecule has 0 bridgehead atoms. The molecule has 2 aromatic rings. The van der Waals surface area contributed by atoms with Crippen LogP contribution in [0.4, 0.5) is 4.39 Å². The molecule has 0 aliphatic heterocycles. The van der Waals surface area contributed by atoms with E-state index in [1.54, 1.807) is 31.6 Å². The number of halogens is 2. The Hall–Kier alpha value is -1.33. The van der Waals surface area contributed by atoms with Crippen molar-refractivity contribution in [3.05, 3.63) is 58.3 Å². The summed E-state index contributed by atoms with van der Waals surface area (Å²) >= 11 is 3.34. The summed E-state index contributed by atoms with van der Waals surface area (Å²) in [6, 6.07) is 4.61. The third-order valence-electron chi connectivity index (χ3n) is 2.47. The van der Waals surface area contributed by atoms with Crippen molar-refractivity contribution in [2.24, 2.45) is 0 Å². The van der Waals surface area contributed by atoms with Crippen molar-refractivity contribution in [3.63, 3.8) is 0 Å². The predicted octanol–water partition coefficient (Wildman–Crippen LogP) is 2.69. The molecule has 1 heterocycles. The molecular formula is C12H11BrFN3. The standard InChI is InChI=1S/C12H11BrFN3/c1-15-12(8-5-16-7-17-6-8)10-4-9(13)2-3-11(10)14/h2-7,12,15H,1H3. The van der Waals surface area contributed by atoms with E-state index >= 15 is 0 Å². The SMILES string of the molecule is CNC(c1cncnc1)c1cc(Br)ccc1F. The van der Waals surface area contributed by atoms with E-state index in [-0.39, 0.29) is 11.9 Å². The Morgan fingerprint density at radius 1 is 1.29 bits per heavy atom. The number of aromatic nitrogens is 2. The topological polar surface area (TPSA) is 37.8 Å². The number of rotatable bonds is 3. The molecule has 0 fully saturated rings. The average molecular weight is 296 g/mol. The number of hydrogen-bond acceptors (Lipinski definition) is 3. The molecule has 1 N–H and O–H groups in total. The van der Waals surface area contributed by atoms with Crippen molar-refractivity contribution in [2.75, 3.05) is 7.05 Å². The smallest absolute Gasteiger partial charge is 0.128 e. The fourth-order valence-corrected chi connectivity index (χ4v) is 2.08. The molecule has 0 aliphatic carbocycles. The van der Waals surface area contributed by atoms with Gasteiger partial charge in [0.25, 0.3) is 0 Å². The van der Waals surface area contributed by atoms with E-state index in [1.807, 2.05) is 0 Å². The van der Waals surface area contributed by atoms with Crippen LogP contribution in [0, 0.1) is 5.82 Å². The van der Waals surface area contributed by atoms with E-state index < -0.39 is 0 Å². The molecule has 2 rings (SSSR count). The van der Waals surface area contributed by atoms with Crippen LogP contribution in [0.1, 0.15) is 17.2 Å². The van der Waals surface area contributed by atoms with Gasteiger partial charge >= 0.3 is 0 Å². The quantitative estimate of drug-likeness (QED) is 0.946. The van der Waals surface area contributed by atoms with Crippen LogP contribution in [-0.2, 0) is 0 Å². The molecule has 5 heteroatoms. The first-order valence-electron chi connectivity index (χ1n) is 5.09. The molecule has 1 aromatic heterocycles. The first kappa shape index (κ1) is 12.1. The maximum absolute atomic E-state index is 13.8. The second-order valence-electron chi connectivity index (χ2n) is 3.56. The van der Waals surface area contributed by atoms with Crippen LogP contribution < -0.4 is 5.32 Å². The number of hydrogen-bond donors (Lipinski definition) is 1. The summed E-state index contributed by atoms with van der Waals surface area (Å²) in [5.74, 6) is -0.253. The molecule has 3 nitrogen and oxygen atoms in total. The first-order valence-corrected chi connectivity index (χ1v) is 5.89. The van der Waals surface area contributed by atoms with E-state index in [9.17, 15) is 4.39 Å². The summed E-state index contributed by atoms with van der Waals surface area (Å²) in [6.07, 6.45) is 4.80. The lowest BCUT2D eigenvalue weighted by atomic mass is 10.0. The highest BCUT2D eigenvalue weighted by Gasteiger charge is 2.16. The Morgan fingerprint density at radius 2 is 2.00 bits per heavy atom. The van der Waals surface area contributed by atoms with Crippen molar-refractivity contribution in [3.8, 4) is 0 Å². The zero-order valence-corrected chi connectivity index (χ0v) is 10.8. The fourth-order valence-electron chi connectivity index (χ4n) is 1.70. The summed E-state index contributed by atoms with van der Waals surface area (Å²) < 4.78 is 14.6. The van der Waals surface area contributed by atoms with Crippen molar-refractivity contribution in [1.29, 1.82) is 0 Å². The molecule has 0 radical (unpaired) electrons. The van der Waals surface area contributed by atoms with Crippen LogP contribution in [0.15, 0.2) is 41.4 Å². The summed E-state index contributed by atoms with van der Waals surface area (Å²) in [4.78, 5) is 7.89. The van der Waals surface area contributed by atoms with Crippen molar-refractivity contribution < 1.29 is 4.39 Å². The van der Waals surface area contributed by atoms with Crippen molar-refractivity contribution >= 4 is 15.9 Å². The first-order chi connectivity index (χ1) is 8.22. The minimum atomic E-state index is -0.256. The van der Waals surface area contributed by atoms with Gasteiger partial charge in [-0.05, 0) is 25.2 Å². The zero-order chi connectivity index (χ0) is 12.3. The molecule has 0 saturated carbocycles. The van der Waals surface area contributed by atoms with Crippen molar-refractivity contribution in [1.82, 2.24) is 15.3 Å². The van der Waals surface area contributed by atoms with Gasteiger partial charge in [0, 0.05) is 28.0 Å². The normalized spacial score (nSPS) is 12.4. The average Bonchev–Trinajstić information content (AvgIpc) is 2.36. The van der Waals surface area contributed by atoms with E-state index in [1.165, 1.54) is 12.4 Å². The van der Waals surface area contributed by atoms with Gasteiger partial charge in [-0.1, -0.05) is 15.9 Å². The number of benzene rings is 1. The molecule has 1 atom stereocenters. The minimum Gasteiger partial charge on any atom is -0.309 e. The molecule has 0 amide bonds. The van der Waals surface area contributed by atoms with Crippen LogP contribution >= 0.6 is 15.9 Å². The highest BCUT2D eigenvalue weighted by Crippen LogP contribution is 2.25. The lowest BCUT2D eigenvalue weighted by molar-refractivity contribution is 0.574. The Balaban J connectivity index is 2.46. The maximum atomic E-state index is 13.8. The predicted molar refractivity (Wildman–Crippen MR) is 67.0 cm³/mol. The van der Waals surface area contributed by atoms with Gasteiger partial charge < -0.3 is 5.32 Å². The van der Waals surface area contributed by atoms with Crippen molar-refractivity contribution in [2.45, 2.75) is 6.04 Å². The number of nitrogens with zero attached hydrogens (tertiary/aromatic N) is 2. The van der Waals surface area contributed by atoms with Gasteiger partial charge in [-0.15, -0.1) is 0 Å². The highest BCUT2D eigenvalue weighted by molar-refractivity contribution is 9.10. The van der Waals surface area contributed by atoms with Gasteiger partial charge in [0.05, 0.1) is 6.04 Å². The van der Waals surface area contributed by atoms with Crippen LogP contribution in [0.3, 0.4) is 0 Å². The maximum Gasteiger partial charge on any atom is 0.128 e. The summed E-state index contributed by atoms with van der Waals surface area (Å²) in [5, 5.41) is 3.06. The van der Waals surface area contributed by atoms with E-state index in [0.29, 0.717) is 5.56 Å². The van der Waals surface area contributed by atoms with Crippen LogP contribution in [0.2, 0.25) is 0 Å².